The summed E-state index contributed by atoms with van der Waals surface area (Å²) in [5.41, 5.74) is 5.20. The fraction of sp³-hybridized carbons (Fsp3) is 0.565. The van der Waals surface area contributed by atoms with Crippen LogP contribution in [0.25, 0.3) is 0 Å². The molecule has 0 unspecified atom stereocenters. The number of hydrogen-bond acceptors (Lipinski definition) is 3. The maximum atomic E-state index is 13.0. The summed E-state index contributed by atoms with van der Waals surface area (Å²) < 4.78 is 1.76. The predicted molar refractivity (Wildman–Crippen MR) is 115 cm³/mol. The lowest BCUT2D eigenvalue weighted by Crippen LogP contribution is -2.37. The van der Waals surface area contributed by atoms with Crippen molar-refractivity contribution in [2.24, 2.45) is 7.05 Å². The van der Waals surface area contributed by atoms with Gasteiger partial charge in [0.1, 0.15) is 0 Å². The summed E-state index contributed by atoms with van der Waals surface area (Å²) in [7, 11) is 1.89. The normalized spacial score (nSPS) is 14.9. The van der Waals surface area contributed by atoms with Crippen LogP contribution in [0.2, 0.25) is 0 Å². The van der Waals surface area contributed by atoms with Crippen LogP contribution in [0.3, 0.4) is 0 Å². The summed E-state index contributed by atoms with van der Waals surface area (Å²) in [6, 6.07) is 6.88. The van der Waals surface area contributed by atoms with Crippen LogP contribution in [0.4, 0.5) is 5.69 Å². The van der Waals surface area contributed by atoms with Gasteiger partial charge in [0.25, 0.3) is 5.91 Å². The topological polar surface area (TPSA) is 50.2 Å². The molecule has 1 N–H and O–H groups in total. The SMILES string of the molecule is CCc1cc(C(=O)NCc2ccn(C)n2)c(C)c(N(CC)C2CCCCC2)c1. The first-order chi connectivity index (χ1) is 13.5. The molecule has 1 aliphatic rings. The van der Waals surface area contributed by atoms with Crippen molar-refractivity contribution in [3.63, 3.8) is 0 Å². The molecule has 0 aliphatic heterocycles. The quantitative estimate of drug-likeness (QED) is 0.773. The number of nitrogens with zero attached hydrogens (tertiary/aromatic N) is 3. The number of anilines is 1. The van der Waals surface area contributed by atoms with Crippen molar-refractivity contribution in [1.82, 2.24) is 15.1 Å². The van der Waals surface area contributed by atoms with E-state index in [0.29, 0.717) is 12.6 Å². The van der Waals surface area contributed by atoms with E-state index in [1.165, 1.54) is 43.4 Å². The molecule has 1 heterocycles. The molecule has 5 nitrogen and oxygen atoms in total. The van der Waals surface area contributed by atoms with Gasteiger partial charge in [-0.15, -0.1) is 0 Å². The summed E-state index contributed by atoms with van der Waals surface area (Å²) in [6.45, 7) is 7.91. The number of rotatable bonds is 7. The number of nitrogens with one attached hydrogen (secondary N) is 1. The molecule has 1 saturated carbocycles. The van der Waals surface area contributed by atoms with Gasteiger partial charge in [-0.25, -0.2) is 0 Å². The molecule has 1 fully saturated rings. The summed E-state index contributed by atoms with van der Waals surface area (Å²) in [4.78, 5) is 15.5. The second-order valence-electron chi connectivity index (χ2n) is 7.88. The average Bonchev–Trinajstić information content (AvgIpc) is 3.14. The molecule has 1 aromatic heterocycles. The second kappa shape index (κ2) is 9.26. The monoisotopic (exact) mass is 382 g/mol. The van der Waals surface area contributed by atoms with Crippen LogP contribution in [0.1, 0.15) is 73.1 Å². The lowest BCUT2D eigenvalue weighted by molar-refractivity contribution is 0.0949. The minimum atomic E-state index is -0.0144. The third-order valence-electron chi connectivity index (χ3n) is 5.96. The zero-order chi connectivity index (χ0) is 20.1. The Kier molecular flexibility index (Phi) is 6.76. The maximum absolute atomic E-state index is 13.0. The summed E-state index contributed by atoms with van der Waals surface area (Å²) >= 11 is 0. The Morgan fingerprint density at radius 2 is 2.00 bits per heavy atom. The van der Waals surface area contributed by atoms with E-state index in [-0.39, 0.29) is 5.91 Å². The van der Waals surface area contributed by atoms with E-state index in [0.717, 1.165) is 29.8 Å². The van der Waals surface area contributed by atoms with E-state index in [1.54, 1.807) is 4.68 Å². The van der Waals surface area contributed by atoms with Gasteiger partial charge in [-0.3, -0.25) is 9.48 Å². The Bertz CT molecular complexity index is 805. The Morgan fingerprint density at radius 1 is 1.25 bits per heavy atom. The third kappa shape index (κ3) is 4.57. The van der Waals surface area contributed by atoms with E-state index in [9.17, 15) is 4.79 Å². The molecule has 0 bridgehead atoms. The van der Waals surface area contributed by atoms with Gasteiger partial charge in [0.05, 0.1) is 12.2 Å². The minimum Gasteiger partial charge on any atom is -0.369 e. The highest BCUT2D eigenvalue weighted by atomic mass is 16.1. The molecule has 1 aromatic carbocycles. The van der Waals surface area contributed by atoms with Crippen molar-refractivity contribution in [3.8, 4) is 0 Å². The first kappa shape index (κ1) is 20.4. The van der Waals surface area contributed by atoms with Crippen LogP contribution in [0, 0.1) is 6.92 Å². The maximum Gasteiger partial charge on any atom is 0.251 e. The molecule has 2 aromatic rings. The molecule has 1 aliphatic carbocycles. The van der Waals surface area contributed by atoms with Crippen molar-refractivity contribution in [2.75, 3.05) is 11.4 Å². The van der Waals surface area contributed by atoms with Gasteiger partial charge in [0.15, 0.2) is 0 Å². The standard InChI is InChI=1S/C23H34N4O/c1-5-18-14-21(23(28)24-16-19-12-13-26(4)25-19)17(3)22(15-18)27(6-2)20-10-8-7-9-11-20/h12-15,20H,5-11,16H2,1-4H3,(H,24,28). The molecule has 28 heavy (non-hydrogen) atoms. The molecule has 152 valence electrons. The van der Waals surface area contributed by atoms with Gasteiger partial charge in [-0.1, -0.05) is 26.2 Å². The molecule has 5 heteroatoms. The van der Waals surface area contributed by atoms with E-state index < -0.39 is 0 Å². The number of amides is 1. The predicted octanol–water partition coefficient (Wildman–Crippen LogP) is 4.38. The molecular formula is C23H34N4O. The number of aromatic nitrogens is 2. The molecule has 0 radical (unpaired) electrons. The van der Waals surface area contributed by atoms with Crippen LogP contribution in [-0.4, -0.2) is 28.3 Å². The molecular weight excluding hydrogens is 348 g/mol. The minimum absolute atomic E-state index is 0.0144. The first-order valence-corrected chi connectivity index (χ1v) is 10.7. The highest BCUT2D eigenvalue weighted by molar-refractivity contribution is 5.97. The molecule has 0 atom stereocenters. The zero-order valence-electron chi connectivity index (χ0n) is 17.8. The van der Waals surface area contributed by atoms with E-state index >= 15 is 0 Å². The van der Waals surface area contributed by atoms with Gasteiger partial charge in [-0.05, 0) is 62.4 Å². The van der Waals surface area contributed by atoms with E-state index in [1.807, 2.05) is 19.3 Å². The van der Waals surface area contributed by atoms with Crippen molar-refractivity contribution < 1.29 is 4.79 Å². The average molecular weight is 383 g/mol. The van der Waals surface area contributed by atoms with Gasteiger partial charge in [-0.2, -0.15) is 5.10 Å². The van der Waals surface area contributed by atoms with Gasteiger partial charge in [0.2, 0.25) is 0 Å². The van der Waals surface area contributed by atoms with Crippen molar-refractivity contribution >= 4 is 11.6 Å². The zero-order valence-corrected chi connectivity index (χ0v) is 17.8. The fourth-order valence-corrected chi connectivity index (χ4v) is 4.34. The van der Waals surface area contributed by atoms with E-state index in [4.69, 9.17) is 0 Å². The van der Waals surface area contributed by atoms with Crippen LogP contribution in [-0.2, 0) is 20.0 Å². The van der Waals surface area contributed by atoms with E-state index in [2.05, 4.69) is 48.2 Å². The second-order valence-corrected chi connectivity index (χ2v) is 7.88. The number of aryl methyl sites for hydroxylation is 2. The molecule has 3 rings (SSSR count). The summed E-state index contributed by atoms with van der Waals surface area (Å²) in [6.07, 6.45) is 9.30. The molecule has 0 spiro atoms. The Balaban J connectivity index is 1.86. The fourth-order valence-electron chi connectivity index (χ4n) is 4.34. The van der Waals surface area contributed by atoms with Gasteiger partial charge >= 0.3 is 0 Å². The third-order valence-corrected chi connectivity index (χ3v) is 5.96. The van der Waals surface area contributed by atoms with Crippen molar-refractivity contribution in [1.29, 1.82) is 0 Å². The van der Waals surface area contributed by atoms with Gasteiger partial charge in [0, 0.05) is 37.1 Å². The van der Waals surface area contributed by atoms with Crippen LogP contribution in [0.15, 0.2) is 24.4 Å². The number of carbonyl (C=O) groups excluding carboxylic acids is 1. The Labute approximate surface area is 169 Å². The molecule has 0 saturated heterocycles. The lowest BCUT2D eigenvalue weighted by Gasteiger charge is -2.37. The number of benzene rings is 1. The first-order valence-electron chi connectivity index (χ1n) is 10.7. The Hall–Kier alpha value is -2.30. The highest BCUT2D eigenvalue weighted by Gasteiger charge is 2.24. The summed E-state index contributed by atoms with van der Waals surface area (Å²) in [5.74, 6) is -0.0144. The lowest BCUT2D eigenvalue weighted by atomic mass is 9.92. The van der Waals surface area contributed by atoms with Crippen LogP contribution in [0.5, 0.6) is 0 Å². The van der Waals surface area contributed by atoms with Crippen molar-refractivity contribution in [2.45, 2.75) is 71.9 Å². The van der Waals surface area contributed by atoms with Crippen LogP contribution >= 0.6 is 0 Å². The largest absolute Gasteiger partial charge is 0.369 e. The van der Waals surface area contributed by atoms with Crippen LogP contribution < -0.4 is 10.2 Å². The Morgan fingerprint density at radius 3 is 2.61 bits per heavy atom. The molecule has 1 amide bonds. The smallest absolute Gasteiger partial charge is 0.251 e. The highest BCUT2D eigenvalue weighted by Crippen LogP contribution is 2.32. The van der Waals surface area contributed by atoms with Crippen molar-refractivity contribution in [3.05, 3.63) is 46.8 Å². The van der Waals surface area contributed by atoms with Gasteiger partial charge < -0.3 is 10.2 Å². The number of hydrogen-bond donors (Lipinski definition) is 1. The number of carbonyl (C=O) groups is 1. The summed E-state index contributed by atoms with van der Waals surface area (Å²) in [5, 5.41) is 7.40.